The van der Waals surface area contributed by atoms with E-state index in [0.29, 0.717) is 18.7 Å². The van der Waals surface area contributed by atoms with E-state index in [2.05, 4.69) is 11.0 Å². The largest absolute Gasteiger partial charge is 0.497 e. The average Bonchev–Trinajstić information content (AvgIpc) is 3.24. The molecule has 0 radical (unpaired) electrons. The first-order chi connectivity index (χ1) is 18.0. The second-order valence-electron chi connectivity index (χ2n) is 10.1. The SMILES string of the molecule is COc1ccc2c(c1)C1(CCN(Cc3ccc(F)c(F)c3)CC1)CN2C(=O)c1ccc2ccccc2c1. The number of piperidine rings is 1. The average molecular weight is 499 g/mol. The van der Waals surface area contributed by atoms with E-state index in [4.69, 9.17) is 4.74 Å². The first-order valence-corrected chi connectivity index (χ1v) is 12.6. The van der Waals surface area contributed by atoms with Crippen LogP contribution in [0.5, 0.6) is 5.75 Å². The number of nitrogens with zero attached hydrogens (tertiary/aromatic N) is 2. The summed E-state index contributed by atoms with van der Waals surface area (Å²) in [4.78, 5) is 18.0. The maximum absolute atomic E-state index is 13.8. The molecule has 0 aliphatic carbocycles. The van der Waals surface area contributed by atoms with Crippen molar-refractivity contribution in [3.8, 4) is 5.75 Å². The molecule has 6 heteroatoms. The number of amides is 1. The van der Waals surface area contributed by atoms with Crippen LogP contribution in [0.4, 0.5) is 14.5 Å². The summed E-state index contributed by atoms with van der Waals surface area (Å²) in [6.45, 7) is 2.78. The molecule has 0 unspecified atom stereocenters. The van der Waals surface area contributed by atoms with Crippen molar-refractivity contribution in [2.45, 2.75) is 24.8 Å². The van der Waals surface area contributed by atoms with Gasteiger partial charge in [0, 0.05) is 29.8 Å². The highest BCUT2D eigenvalue weighted by atomic mass is 19.2. The highest BCUT2D eigenvalue weighted by molar-refractivity contribution is 6.09. The van der Waals surface area contributed by atoms with Crippen LogP contribution in [0, 0.1) is 11.6 Å². The normalized spacial score (nSPS) is 16.8. The van der Waals surface area contributed by atoms with Crippen molar-refractivity contribution in [1.82, 2.24) is 4.90 Å². The van der Waals surface area contributed by atoms with Crippen LogP contribution in [-0.4, -0.2) is 37.6 Å². The van der Waals surface area contributed by atoms with Crippen LogP contribution in [-0.2, 0) is 12.0 Å². The van der Waals surface area contributed by atoms with E-state index in [-0.39, 0.29) is 11.3 Å². The molecule has 1 saturated heterocycles. The second kappa shape index (κ2) is 9.27. The summed E-state index contributed by atoms with van der Waals surface area (Å²) >= 11 is 0. The van der Waals surface area contributed by atoms with Crippen molar-refractivity contribution in [2.24, 2.45) is 0 Å². The Balaban J connectivity index is 1.27. The van der Waals surface area contributed by atoms with E-state index in [1.807, 2.05) is 59.5 Å². The number of anilines is 1. The van der Waals surface area contributed by atoms with E-state index in [1.54, 1.807) is 13.2 Å². The number of rotatable bonds is 4. The molecular weight excluding hydrogens is 470 g/mol. The lowest BCUT2D eigenvalue weighted by molar-refractivity contribution is 0.0975. The van der Waals surface area contributed by atoms with Gasteiger partial charge in [-0.05, 0) is 90.3 Å². The monoisotopic (exact) mass is 498 g/mol. The molecule has 2 heterocycles. The van der Waals surface area contributed by atoms with Crippen molar-refractivity contribution in [2.75, 3.05) is 31.6 Å². The van der Waals surface area contributed by atoms with Gasteiger partial charge in [-0.2, -0.15) is 0 Å². The lowest BCUT2D eigenvalue weighted by Gasteiger charge is -2.40. The van der Waals surface area contributed by atoms with E-state index >= 15 is 0 Å². The number of hydrogen-bond donors (Lipinski definition) is 0. The van der Waals surface area contributed by atoms with Gasteiger partial charge in [0.25, 0.3) is 5.91 Å². The topological polar surface area (TPSA) is 32.8 Å². The van der Waals surface area contributed by atoms with E-state index in [9.17, 15) is 13.6 Å². The van der Waals surface area contributed by atoms with Gasteiger partial charge in [-0.15, -0.1) is 0 Å². The minimum Gasteiger partial charge on any atom is -0.497 e. The first kappa shape index (κ1) is 23.6. The quantitative estimate of drug-likeness (QED) is 0.330. The maximum Gasteiger partial charge on any atom is 0.258 e. The van der Waals surface area contributed by atoms with Gasteiger partial charge in [0.2, 0.25) is 0 Å². The van der Waals surface area contributed by atoms with E-state index in [1.165, 1.54) is 12.1 Å². The molecule has 2 aliphatic heterocycles. The van der Waals surface area contributed by atoms with Gasteiger partial charge in [-0.1, -0.05) is 36.4 Å². The Bertz CT molecular complexity index is 1490. The Hall–Kier alpha value is -3.77. The summed E-state index contributed by atoms with van der Waals surface area (Å²) in [5.41, 5.74) is 3.34. The second-order valence-corrected chi connectivity index (χ2v) is 10.1. The zero-order valence-electron chi connectivity index (χ0n) is 20.7. The minimum absolute atomic E-state index is 0.00161. The number of fused-ring (bicyclic) bond motifs is 3. The van der Waals surface area contributed by atoms with Gasteiger partial charge in [-0.3, -0.25) is 9.69 Å². The summed E-state index contributed by atoms with van der Waals surface area (Å²) < 4.78 is 32.6. The van der Waals surface area contributed by atoms with Crippen LogP contribution in [0.3, 0.4) is 0 Å². The molecule has 4 nitrogen and oxygen atoms in total. The molecule has 1 amide bonds. The van der Waals surface area contributed by atoms with E-state index < -0.39 is 11.6 Å². The lowest BCUT2D eigenvalue weighted by atomic mass is 9.74. The third kappa shape index (κ3) is 4.25. The summed E-state index contributed by atoms with van der Waals surface area (Å²) in [6, 6.07) is 24.0. The third-order valence-electron chi connectivity index (χ3n) is 7.97. The molecule has 188 valence electrons. The predicted octanol–water partition coefficient (Wildman–Crippen LogP) is 6.32. The number of halogens is 2. The zero-order chi connectivity index (χ0) is 25.6. The van der Waals surface area contributed by atoms with Crippen LogP contribution < -0.4 is 9.64 Å². The van der Waals surface area contributed by atoms with Gasteiger partial charge in [-0.25, -0.2) is 8.78 Å². The molecule has 0 N–H and O–H groups in total. The molecule has 1 fully saturated rings. The number of hydrogen-bond acceptors (Lipinski definition) is 3. The van der Waals surface area contributed by atoms with Crippen LogP contribution in [0.1, 0.15) is 34.3 Å². The highest BCUT2D eigenvalue weighted by Crippen LogP contribution is 2.49. The number of carbonyl (C=O) groups excluding carboxylic acids is 1. The van der Waals surface area contributed by atoms with Gasteiger partial charge in [0.15, 0.2) is 11.6 Å². The molecule has 0 aromatic heterocycles. The zero-order valence-corrected chi connectivity index (χ0v) is 20.7. The smallest absolute Gasteiger partial charge is 0.258 e. The molecule has 0 atom stereocenters. The number of ether oxygens (including phenoxy) is 1. The number of carbonyl (C=O) groups is 1. The molecule has 4 aromatic rings. The van der Waals surface area contributed by atoms with Gasteiger partial charge in [0.1, 0.15) is 5.75 Å². The summed E-state index contributed by atoms with van der Waals surface area (Å²) in [5.74, 6) is -0.861. The van der Waals surface area contributed by atoms with Crippen LogP contribution in [0.25, 0.3) is 10.8 Å². The minimum atomic E-state index is -0.825. The van der Waals surface area contributed by atoms with Crippen molar-refractivity contribution in [3.05, 3.63) is 107 Å². The fraction of sp³-hybridized carbons (Fsp3) is 0.258. The van der Waals surface area contributed by atoms with Crippen LogP contribution in [0.2, 0.25) is 0 Å². The molecule has 0 bridgehead atoms. The predicted molar refractivity (Wildman–Crippen MR) is 141 cm³/mol. The Labute approximate surface area is 215 Å². The Morgan fingerprint density at radius 2 is 1.68 bits per heavy atom. The van der Waals surface area contributed by atoms with Gasteiger partial charge >= 0.3 is 0 Å². The fourth-order valence-corrected chi connectivity index (χ4v) is 5.90. The van der Waals surface area contributed by atoms with Gasteiger partial charge < -0.3 is 9.64 Å². The molecule has 37 heavy (non-hydrogen) atoms. The van der Waals surface area contributed by atoms with Crippen LogP contribution in [0.15, 0.2) is 78.9 Å². The molecule has 0 saturated carbocycles. The highest BCUT2D eigenvalue weighted by Gasteiger charge is 2.46. The standard InChI is InChI=1S/C31H28F2N2O2/c1-37-25-9-11-29-26(18-25)31(12-14-34(15-13-31)19-21-6-10-27(32)28(33)16-21)20-35(29)30(36)24-8-7-22-4-2-3-5-23(22)17-24/h2-11,16-18H,12-15,19-20H2,1H3. The van der Waals surface area contributed by atoms with Crippen molar-refractivity contribution < 1.29 is 18.3 Å². The van der Waals surface area contributed by atoms with Crippen molar-refractivity contribution in [1.29, 1.82) is 0 Å². The molecule has 6 rings (SSSR count). The summed E-state index contributed by atoms with van der Waals surface area (Å²) in [7, 11) is 1.66. The summed E-state index contributed by atoms with van der Waals surface area (Å²) in [5, 5.41) is 2.15. The Morgan fingerprint density at radius 1 is 0.892 bits per heavy atom. The third-order valence-corrected chi connectivity index (χ3v) is 7.97. The van der Waals surface area contributed by atoms with Crippen molar-refractivity contribution >= 4 is 22.4 Å². The first-order valence-electron chi connectivity index (χ1n) is 12.6. The Kier molecular flexibility index (Phi) is 5.92. The lowest BCUT2D eigenvalue weighted by Crippen LogP contribution is -2.45. The Morgan fingerprint density at radius 3 is 2.43 bits per heavy atom. The van der Waals surface area contributed by atoms with Crippen LogP contribution >= 0.6 is 0 Å². The molecule has 4 aromatic carbocycles. The fourth-order valence-electron chi connectivity index (χ4n) is 5.90. The number of likely N-dealkylation sites (tertiary alicyclic amines) is 1. The molecular formula is C31H28F2N2O2. The van der Waals surface area contributed by atoms with Crippen molar-refractivity contribution in [3.63, 3.8) is 0 Å². The van der Waals surface area contributed by atoms with E-state index in [0.717, 1.165) is 59.3 Å². The number of methoxy groups -OCH3 is 1. The maximum atomic E-state index is 13.8. The summed E-state index contributed by atoms with van der Waals surface area (Å²) in [6.07, 6.45) is 1.72. The molecule has 2 aliphatic rings. The van der Waals surface area contributed by atoms with Gasteiger partial charge in [0.05, 0.1) is 7.11 Å². The number of benzene rings is 4. The molecule has 1 spiro atoms.